The van der Waals surface area contributed by atoms with E-state index in [2.05, 4.69) is 16.4 Å². The number of carbonyl (C=O) groups excluding carboxylic acids is 5. The van der Waals surface area contributed by atoms with Crippen LogP contribution in [0.15, 0.2) is 0 Å². The van der Waals surface area contributed by atoms with Crippen molar-refractivity contribution in [3.8, 4) is 0 Å². The fourth-order valence-electron chi connectivity index (χ4n) is 4.77. The molecule has 0 aliphatic rings. The van der Waals surface area contributed by atoms with Gasteiger partial charge in [-0.05, 0) is 6.42 Å². The van der Waals surface area contributed by atoms with Crippen LogP contribution in [0.1, 0.15) is 129 Å². The van der Waals surface area contributed by atoms with Gasteiger partial charge in [-0.1, -0.05) is 96.8 Å². The Morgan fingerprint density at radius 1 is 0.633 bits per heavy atom. The molecule has 0 bridgehead atoms. The number of ether oxygens (including phenoxy) is 5. The van der Waals surface area contributed by atoms with E-state index in [0.717, 1.165) is 25.7 Å². The zero-order chi connectivity index (χ0) is 37.0. The van der Waals surface area contributed by atoms with Gasteiger partial charge < -0.3 is 44.1 Å². The minimum absolute atomic E-state index is 0.00993. The van der Waals surface area contributed by atoms with Crippen LogP contribution in [0.25, 0.3) is 0 Å². The number of aliphatic hydroxyl groups is 2. The molecule has 0 heterocycles. The second-order valence-corrected chi connectivity index (χ2v) is 12.0. The first-order valence-electron chi connectivity index (χ1n) is 16.9. The summed E-state index contributed by atoms with van der Waals surface area (Å²) in [5.74, 6) is -9.45. The predicted molar refractivity (Wildman–Crippen MR) is 170 cm³/mol. The van der Waals surface area contributed by atoms with Crippen molar-refractivity contribution in [2.45, 2.75) is 146 Å². The second-order valence-electron chi connectivity index (χ2n) is 12.0. The Kier molecular flexibility index (Phi) is 25.0. The molecule has 0 aromatic carbocycles. The number of rotatable bonds is 33. The first-order valence-corrected chi connectivity index (χ1v) is 16.9. The van der Waals surface area contributed by atoms with Gasteiger partial charge in [-0.25, -0.2) is 4.79 Å². The molecule has 16 heteroatoms. The molecule has 4 N–H and O–H groups in total. The molecule has 16 nitrogen and oxygen atoms in total. The van der Waals surface area contributed by atoms with Crippen molar-refractivity contribution < 1.29 is 77.7 Å². The minimum atomic E-state index is -2.81. The summed E-state index contributed by atoms with van der Waals surface area (Å²) in [4.78, 5) is 80.4. The number of esters is 3. The molecule has 282 valence electrons. The highest BCUT2D eigenvalue weighted by Gasteiger charge is 2.41. The molecule has 49 heavy (non-hydrogen) atoms. The van der Waals surface area contributed by atoms with E-state index in [1.807, 2.05) is 0 Å². The monoisotopic (exact) mass is 706 g/mol. The zero-order valence-corrected chi connectivity index (χ0v) is 28.5. The average molecular weight is 707 g/mol. The van der Waals surface area contributed by atoms with E-state index >= 15 is 0 Å². The Morgan fingerprint density at radius 2 is 1.10 bits per heavy atom. The summed E-state index contributed by atoms with van der Waals surface area (Å²) in [6.45, 7) is -0.733. The van der Waals surface area contributed by atoms with Crippen LogP contribution in [0, 0.1) is 0 Å². The van der Waals surface area contributed by atoms with Crippen LogP contribution in [0.5, 0.6) is 0 Å². The fourth-order valence-corrected chi connectivity index (χ4v) is 4.77. The van der Waals surface area contributed by atoms with Gasteiger partial charge in [-0.3, -0.25) is 28.8 Å². The number of hydrogen-bond donors (Lipinski definition) is 4. The molecule has 0 rings (SSSR count). The van der Waals surface area contributed by atoms with E-state index in [4.69, 9.17) is 19.3 Å². The van der Waals surface area contributed by atoms with Crippen LogP contribution in [0.3, 0.4) is 0 Å². The van der Waals surface area contributed by atoms with Gasteiger partial charge in [-0.15, -0.1) is 0 Å². The highest BCUT2D eigenvalue weighted by atomic mass is 16.7. The summed E-state index contributed by atoms with van der Waals surface area (Å²) in [5, 5.41) is 38.3. The Bertz CT molecular complexity index is 1000. The van der Waals surface area contributed by atoms with Gasteiger partial charge >= 0.3 is 29.8 Å². The first-order chi connectivity index (χ1) is 23.3. The normalized spacial score (nSPS) is 13.9. The third kappa shape index (κ3) is 24.1. The van der Waals surface area contributed by atoms with Gasteiger partial charge in [0.2, 0.25) is 11.4 Å². The second kappa shape index (κ2) is 27.1. The molecule has 0 aromatic rings. The highest BCUT2D eigenvalue weighted by Crippen LogP contribution is 2.19. The molecule has 3 atom stereocenters. The van der Waals surface area contributed by atoms with Crippen molar-refractivity contribution in [2.24, 2.45) is 0 Å². The minimum Gasteiger partial charge on any atom is -0.481 e. The van der Waals surface area contributed by atoms with Gasteiger partial charge in [0.25, 0.3) is 12.9 Å². The molecule has 0 amide bonds. The summed E-state index contributed by atoms with van der Waals surface area (Å²) in [7, 11) is 0. The van der Waals surface area contributed by atoms with E-state index in [-0.39, 0.29) is 19.4 Å². The Labute approximate surface area is 286 Å². The van der Waals surface area contributed by atoms with Crippen molar-refractivity contribution in [1.29, 1.82) is 0 Å². The molecule has 0 radical (unpaired) electrons. The lowest BCUT2D eigenvalue weighted by Gasteiger charge is -2.24. The molecular weight excluding hydrogens is 652 g/mol. The van der Waals surface area contributed by atoms with E-state index in [9.17, 15) is 48.9 Å². The molecule has 0 saturated carbocycles. The van der Waals surface area contributed by atoms with Gasteiger partial charge in [-0.2, -0.15) is 0 Å². The van der Waals surface area contributed by atoms with Crippen LogP contribution >= 0.6 is 0 Å². The lowest BCUT2D eigenvalue weighted by Crippen LogP contribution is -2.45. The highest BCUT2D eigenvalue weighted by molar-refractivity contribution is 5.84. The summed E-state index contributed by atoms with van der Waals surface area (Å²) < 4.78 is 23.7. The maximum Gasteiger partial charge on any atom is 0.339 e. The predicted octanol–water partition coefficient (Wildman–Crippen LogP) is 3.35. The number of carbonyl (C=O) groups is 7. The van der Waals surface area contributed by atoms with Crippen LogP contribution < -0.4 is 0 Å². The molecule has 0 saturated heterocycles. The molecule has 0 aromatic heterocycles. The zero-order valence-electron chi connectivity index (χ0n) is 28.5. The third-order valence-electron chi connectivity index (χ3n) is 7.48. The Morgan fingerprint density at radius 3 is 1.53 bits per heavy atom. The number of carboxylic acid groups (broad SMARTS) is 2. The quantitative estimate of drug-likeness (QED) is 0.0251. The molecule has 0 aliphatic heterocycles. The standard InChI is InChI=1S/C33H54O16/c1-2-3-4-5-6-7-8-9-10-11-12-13-14-15-16-17-28(38)49-26(21-46-29(39)19-32(43,31(41)42)23-45-24-34)22-47-30(40)20-33(44,48-25-35)18-27(36)37/h24-26,43-44H,2-23H2,1H3,(H,36,37)(H,41,42). The van der Waals surface area contributed by atoms with Crippen LogP contribution in [-0.4, -0.2) is 101 Å². The lowest BCUT2D eigenvalue weighted by atomic mass is 10.0. The van der Waals surface area contributed by atoms with Crippen molar-refractivity contribution in [3.63, 3.8) is 0 Å². The van der Waals surface area contributed by atoms with E-state index in [0.29, 0.717) is 6.42 Å². The van der Waals surface area contributed by atoms with Crippen LogP contribution in [-0.2, 0) is 57.2 Å². The smallest absolute Gasteiger partial charge is 0.339 e. The number of unbranched alkanes of at least 4 members (excludes halogenated alkanes) is 14. The van der Waals surface area contributed by atoms with Crippen molar-refractivity contribution >= 4 is 42.8 Å². The average Bonchev–Trinajstić information content (AvgIpc) is 3.02. The van der Waals surface area contributed by atoms with Crippen LogP contribution in [0.4, 0.5) is 0 Å². The summed E-state index contributed by atoms with van der Waals surface area (Å²) in [6.07, 6.45) is 12.2. The largest absolute Gasteiger partial charge is 0.481 e. The third-order valence-corrected chi connectivity index (χ3v) is 7.48. The molecule has 0 spiro atoms. The fraction of sp³-hybridized carbons (Fsp3) is 0.788. The lowest BCUT2D eigenvalue weighted by molar-refractivity contribution is -0.210. The van der Waals surface area contributed by atoms with Gasteiger partial charge in [0, 0.05) is 6.42 Å². The van der Waals surface area contributed by atoms with Gasteiger partial charge in [0.05, 0.1) is 6.42 Å². The van der Waals surface area contributed by atoms with Crippen molar-refractivity contribution in [2.75, 3.05) is 19.8 Å². The van der Waals surface area contributed by atoms with Gasteiger partial charge in [0.1, 0.15) is 32.7 Å². The maximum atomic E-state index is 12.5. The molecule has 0 aliphatic carbocycles. The van der Waals surface area contributed by atoms with E-state index in [1.165, 1.54) is 64.2 Å². The van der Waals surface area contributed by atoms with Crippen molar-refractivity contribution in [1.82, 2.24) is 0 Å². The topological polar surface area (TPSA) is 247 Å². The molecule has 0 fully saturated rings. The van der Waals surface area contributed by atoms with E-state index < -0.39 is 86.4 Å². The number of hydrogen-bond acceptors (Lipinski definition) is 14. The maximum absolute atomic E-state index is 12.5. The SMILES string of the molecule is CCCCCCCCCCCCCCCCCC(=O)OC(COC(=O)CC(O)(CC(=O)O)OC=O)COC(=O)CC(O)(COC=O)C(=O)O. The first kappa shape index (κ1) is 45.2. The Balaban J connectivity index is 4.83. The number of carboxylic acids is 2. The van der Waals surface area contributed by atoms with Crippen LogP contribution in [0.2, 0.25) is 0 Å². The summed E-state index contributed by atoms with van der Waals surface area (Å²) >= 11 is 0. The van der Waals surface area contributed by atoms with Gasteiger partial charge in [0.15, 0.2) is 6.10 Å². The summed E-state index contributed by atoms with van der Waals surface area (Å²) in [6, 6.07) is 0. The van der Waals surface area contributed by atoms with E-state index in [1.54, 1.807) is 0 Å². The Hall–Kier alpha value is -3.79. The van der Waals surface area contributed by atoms with Crippen molar-refractivity contribution in [3.05, 3.63) is 0 Å². The number of aliphatic carboxylic acids is 2. The molecule has 3 unspecified atom stereocenters. The summed E-state index contributed by atoms with van der Waals surface area (Å²) in [5.41, 5.74) is -2.81. The molecular formula is C33H54O16.